The molecule has 0 amide bonds. The van der Waals surface area contributed by atoms with Gasteiger partial charge >= 0.3 is 0 Å². The normalized spacial score (nSPS) is 13.6. The summed E-state index contributed by atoms with van der Waals surface area (Å²) in [4.78, 5) is 0.317. The van der Waals surface area contributed by atoms with Crippen LogP contribution >= 0.6 is 0 Å². The van der Waals surface area contributed by atoms with Gasteiger partial charge in [-0.1, -0.05) is 18.2 Å². The van der Waals surface area contributed by atoms with Crippen molar-refractivity contribution in [1.29, 1.82) is 0 Å². The van der Waals surface area contributed by atoms with Crippen molar-refractivity contribution in [3.8, 4) is 0 Å². The number of benzene rings is 1. The number of aliphatic hydroxyl groups is 1. The van der Waals surface area contributed by atoms with Crippen LogP contribution in [-0.2, 0) is 10.0 Å². The number of aryl methyl sites for hydroxylation is 1. The standard InChI is InChI=1S/C12H19NO3S/c1-10-6-3-4-8-12(10)17(15,16)13-9-5-7-11(2)14/h3-4,6,8,11,13-14H,5,7,9H2,1-2H3. The van der Waals surface area contributed by atoms with Gasteiger partial charge in [-0.25, -0.2) is 13.1 Å². The molecule has 4 nitrogen and oxygen atoms in total. The van der Waals surface area contributed by atoms with Crippen LogP contribution in [0.3, 0.4) is 0 Å². The van der Waals surface area contributed by atoms with Gasteiger partial charge in [-0.05, 0) is 38.3 Å². The number of hydrogen-bond acceptors (Lipinski definition) is 3. The number of nitrogens with one attached hydrogen (secondary N) is 1. The Morgan fingerprint density at radius 1 is 1.35 bits per heavy atom. The van der Waals surface area contributed by atoms with Gasteiger partial charge in [-0.2, -0.15) is 0 Å². The molecule has 17 heavy (non-hydrogen) atoms. The van der Waals surface area contributed by atoms with Crippen molar-refractivity contribution in [1.82, 2.24) is 4.72 Å². The van der Waals surface area contributed by atoms with Crippen LogP contribution in [-0.4, -0.2) is 26.2 Å². The molecule has 0 saturated heterocycles. The lowest BCUT2D eigenvalue weighted by atomic mass is 10.2. The minimum atomic E-state index is -3.42. The number of aliphatic hydroxyl groups excluding tert-OH is 1. The van der Waals surface area contributed by atoms with E-state index >= 15 is 0 Å². The van der Waals surface area contributed by atoms with Gasteiger partial charge in [-0.3, -0.25) is 0 Å². The summed E-state index contributed by atoms with van der Waals surface area (Å²) < 4.78 is 26.4. The predicted molar refractivity (Wildman–Crippen MR) is 67.3 cm³/mol. The first-order valence-corrected chi connectivity index (χ1v) is 7.15. The van der Waals surface area contributed by atoms with Gasteiger partial charge in [0.2, 0.25) is 10.0 Å². The molecule has 0 bridgehead atoms. The predicted octanol–water partition coefficient (Wildman–Crippen LogP) is 1.43. The van der Waals surface area contributed by atoms with Crippen LogP contribution in [0.4, 0.5) is 0 Å². The fourth-order valence-electron chi connectivity index (χ4n) is 1.54. The Kier molecular flexibility index (Phi) is 5.11. The van der Waals surface area contributed by atoms with Crippen LogP contribution in [0.25, 0.3) is 0 Å². The Morgan fingerprint density at radius 3 is 2.59 bits per heavy atom. The Hall–Kier alpha value is -0.910. The molecule has 0 heterocycles. The fourth-order valence-corrected chi connectivity index (χ4v) is 2.86. The van der Waals surface area contributed by atoms with Crippen LogP contribution in [0, 0.1) is 6.92 Å². The van der Waals surface area contributed by atoms with Crippen molar-refractivity contribution in [3.63, 3.8) is 0 Å². The van der Waals surface area contributed by atoms with E-state index in [1.54, 1.807) is 32.0 Å². The van der Waals surface area contributed by atoms with Crippen LogP contribution in [0.1, 0.15) is 25.3 Å². The number of sulfonamides is 1. The SMILES string of the molecule is Cc1ccccc1S(=O)(=O)NCCCC(C)O. The molecule has 0 radical (unpaired) electrons. The lowest BCUT2D eigenvalue weighted by Crippen LogP contribution is -2.26. The molecular weight excluding hydrogens is 238 g/mol. The van der Waals surface area contributed by atoms with E-state index in [4.69, 9.17) is 5.11 Å². The second-order valence-electron chi connectivity index (χ2n) is 4.15. The van der Waals surface area contributed by atoms with Crippen LogP contribution in [0.15, 0.2) is 29.2 Å². The highest BCUT2D eigenvalue weighted by atomic mass is 32.2. The third-order valence-corrected chi connectivity index (χ3v) is 4.10. The van der Waals surface area contributed by atoms with Gasteiger partial charge in [0.15, 0.2) is 0 Å². The zero-order valence-corrected chi connectivity index (χ0v) is 11.0. The van der Waals surface area contributed by atoms with Gasteiger partial charge in [-0.15, -0.1) is 0 Å². The molecule has 2 N–H and O–H groups in total. The maximum absolute atomic E-state index is 11.9. The van der Waals surface area contributed by atoms with Crippen molar-refractivity contribution < 1.29 is 13.5 Å². The first kappa shape index (κ1) is 14.2. The first-order valence-electron chi connectivity index (χ1n) is 5.67. The second kappa shape index (κ2) is 6.14. The molecule has 0 aliphatic rings. The summed E-state index contributed by atoms with van der Waals surface area (Å²) >= 11 is 0. The quantitative estimate of drug-likeness (QED) is 0.758. The molecule has 0 aromatic heterocycles. The molecule has 0 aliphatic carbocycles. The third-order valence-electron chi connectivity index (χ3n) is 2.47. The molecule has 1 atom stereocenters. The van der Waals surface area contributed by atoms with Gasteiger partial charge in [0.1, 0.15) is 0 Å². The Balaban J connectivity index is 2.61. The van der Waals surface area contributed by atoms with Crippen molar-refractivity contribution in [2.45, 2.75) is 37.7 Å². The third kappa shape index (κ3) is 4.46. The molecule has 1 aromatic rings. The van der Waals surface area contributed by atoms with Crippen LogP contribution < -0.4 is 4.72 Å². The smallest absolute Gasteiger partial charge is 0.240 e. The van der Waals surface area contributed by atoms with E-state index < -0.39 is 16.1 Å². The molecular formula is C12H19NO3S. The number of hydrogen-bond donors (Lipinski definition) is 2. The van der Waals surface area contributed by atoms with Crippen molar-refractivity contribution >= 4 is 10.0 Å². The molecule has 1 rings (SSSR count). The highest BCUT2D eigenvalue weighted by Crippen LogP contribution is 2.13. The summed E-state index contributed by atoms with van der Waals surface area (Å²) in [5.41, 5.74) is 0.732. The van der Waals surface area contributed by atoms with Gasteiger partial charge in [0.05, 0.1) is 11.0 Å². The minimum absolute atomic E-state index is 0.317. The molecule has 96 valence electrons. The highest BCUT2D eigenvalue weighted by molar-refractivity contribution is 7.89. The lowest BCUT2D eigenvalue weighted by molar-refractivity contribution is 0.182. The summed E-state index contributed by atoms with van der Waals surface area (Å²) in [6.07, 6.45) is 0.831. The molecule has 1 unspecified atom stereocenters. The second-order valence-corrected chi connectivity index (χ2v) is 5.89. The largest absolute Gasteiger partial charge is 0.393 e. The topological polar surface area (TPSA) is 66.4 Å². The van der Waals surface area contributed by atoms with E-state index in [2.05, 4.69) is 4.72 Å². The maximum atomic E-state index is 11.9. The molecule has 5 heteroatoms. The van der Waals surface area contributed by atoms with Crippen molar-refractivity contribution in [2.75, 3.05) is 6.54 Å². The van der Waals surface area contributed by atoms with E-state index in [1.807, 2.05) is 6.07 Å². The average Bonchev–Trinajstić information content (AvgIpc) is 2.24. The van der Waals surface area contributed by atoms with E-state index in [1.165, 1.54) is 0 Å². The molecule has 0 spiro atoms. The van der Waals surface area contributed by atoms with Gasteiger partial charge in [0, 0.05) is 6.54 Å². The molecule has 1 aromatic carbocycles. The van der Waals surface area contributed by atoms with E-state index in [0.717, 1.165) is 5.56 Å². The van der Waals surface area contributed by atoms with Crippen LogP contribution in [0.2, 0.25) is 0 Å². The summed E-state index contributed by atoms with van der Waals surface area (Å²) in [7, 11) is -3.42. The van der Waals surface area contributed by atoms with Gasteiger partial charge < -0.3 is 5.11 Å². The number of rotatable bonds is 6. The summed E-state index contributed by atoms with van der Waals surface area (Å²) in [6.45, 7) is 3.81. The summed E-state index contributed by atoms with van der Waals surface area (Å²) in [5.74, 6) is 0. The Bertz CT molecular complexity index is 455. The molecule has 0 saturated carbocycles. The molecule has 0 fully saturated rings. The zero-order chi connectivity index (χ0) is 12.9. The molecule has 0 aliphatic heterocycles. The first-order chi connectivity index (χ1) is 7.93. The van der Waals surface area contributed by atoms with E-state index in [9.17, 15) is 8.42 Å². The van der Waals surface area contributed by atoms with Crippen molar-refractivity contribution in [3.05, 3.63) is 29.8 Å². The Labute approximate surface area is 103 Å². The van der Waals surface area contributed by atoms with Crippen molar-refractivity contribution in [2.24, 2.45) is 0 Å². The highest BCUT2D eigenvalue weighted by Gasteiger charge is 2.15. The lowest BCUT2D eigenvalue weighted by Gasteiger charge is -2.09. The summed E-state index contributed by atoms with van der Waals surface area (Å²) in [6, 6.07) is 6.87. The summed E-state index contributed by atoms with van der Waals surface area (Å²) in [5, 5.41) is 9.07. The Morgan fingerprint density at radius 2 is 2.00 bits per heavy atom. The zero-order valence-electron chi connectivity index (χ0n) is 10.2. The average molecular weight is 257 g/mol. The van der Waals surface area contributed by atoms with Crippen LogP contribution in [0.5, 0.6) is 0 Å². The minimum Gasteiger partial charge on any atom is -0.393 e. The maximum Gasteiger partial charge on any atom is 0.240 e. The fraction of sp³-hybridized carbons (Fsp3) is 0.500. The van der Waals surface area contributed by atoms with E-state index in [-0.39, 0.29) is 0 Å². The van der Waals surface area contributed by atoms with E-state index in [0.29, 0.717) is 24.3 Å². The van der Waals surface area contributed by atoms with Gasteiger partial charge in [0.25, 0.3) is 0 Å². The monoisotopic (exact) mass is 257 g/mol.